The molecule has 152 valence electrons. The van der Waals surface area contributed by atoms with Crippen molar-refractivity contribution in [3.63, 3.8) is 0 Å². The standard InChI is InChI=1S/C21H26BN3O4/c1-15(2)13-19(22(28)29)25-21(27)12-11-20(26)23-14-17-9-6-10-18(24-17)16-7-4-3-5-8-16/h3-12,15,19,28-29H,13-14H2,1-2H3,(H,23,26)(H,25,27)/b12-11+. The van der Waals surface area contributed by atoms with Crippen molar-refractivity contribution < 1.29 is 19.6 Å². The Balaban J connectivity index is 1.87. The second-order valence-electron chi connectivity index (χ2n) is 7.09. The highest BCUT2D eigenvalue weighted by Crippen LogP contribution is 2.16. The van der Waals surface area contributed by atoms with Gasteiger partial charge in [0.05, 0.1) is 23.9 Å². The Morgan fingerprint density at radius 2 is 1.72 bits per heavy atom. The van der Waals surface area contributed by atoms with Crippen molar-refractivity contribution >= 4 is 18.9 Å². The zero-order chi connectivity index (χ0) is 21.2. The molecule has 8 heteroatoms. The third-order valence-corrected chi connectivity index (χ3v) is 4.12. The summed E-state index contributed by atoms with van der Waals surface area (Å²) in [4.78, 5) is 28.4. The molecule has 0 spiro atoms. The van der Waals surface area contributed by atoms with E-state index in [0.29, 0.717) is 12.1 Å². The minimum absolute atomic E-state index is 0.175. The number of hydrogen-bond acceptors (Lipinski definition) is 5. The number of amides is 2. The van der Waals surface area contributed by atoms with Gasteiger partial charge in [0.2, 0.25) is 11.8 Å². The molecule has 2 rings (SSSR count). The van der Waals surface area contributed by atoms with Crippen molar-refractivity contribution in [3.8, 4) is 11.3 Å². The Morgan fingerprint density at radius 3 is 2.38 bits per heavy atom. The number of hydrogen-bond donors (Lipinski definition) is 4. The van der Waals surface area contributed by atoms with Crippen molar-refractivity contribution in [2.75, 3.05) is 0 Å². The average molecular weight is 395 g/mol. The monoisotopic (exact) mass is 395 g/mol. The van der Waals surface area contributed by atoms with Crippen LogP contribution in [-0.4, -0.2) is 39.9 Å². The lowest BCUT2D eigenvalue weighted by Crippen LogP contribution is -2.46. The van der Waals surface area contributed by atoms with E-state index in [0.717, 1.165) is 23.4 Å². The fraction of sp³-hybridized carbons (Fsp3) is 0.286. The second kappa shape index (κ2) is 11.1. The molecule has 4 N–H and O–H groups in total. The SMILES string of the molecule is CC(C)CC(NC(=O)/C=C/C(=O)NCc1cccc(-c2ccccc2)n1)B(O)O. The molecule has 1 atom stereocenters. The number of nitrogens with zero attached hydrogens (tertiary/aromatic N) is 1. The molecule has 2 aromatic rings. The lowest BCUT2D eigenvalue weighted by Gasteiger charge is -2.18. The first-order valence-corrected chi connectivity index (χ1v) is 9.49. The lowest BCUT2D eigenvalue weighted by atomic mass is 9.75. The maximum atomic E-state index is 12.0. The largest absolute Gasteiger partial charge is 0.475 e. The molecule has 0 bridgehead atoms. The van der Waals surface area contributed by atoms with Gasteiger partial charge in [-0.25, -0.2) is 0 Å². The third kappa shape index (κ3) is 7.89. The number of rotatable bonds is 9. The summed E-state index contributed by atoms with van der Waals surface area (Å²) in [5.41, 5.74) is 2.49. The zero-order valence-corrected chi connectivity index (χ0v) is 16.6. The molecular formula is C21H26BN3O4. The van der Waals surface area contributed by atoms with Gasteiger partial charge in [-0.05, 0) is 24.5 Å². The number of nitrogens with one attached hydrogen (secondary N) is 2. The summed E-state index contributed by atoms with van der Waals surface area (Å²) in [6.45, 7) is 4.04. The quantitative estimate of drug-likeness (QED) is 0.380. The molecule has 0 aliphatic heterocycles. The van der Waals surface area contributed by atoms with E-state index < -0.39 is 24.9 Å². The van der Waals surface area contributed by atoms with Crippen LogP contribution in [0.5, 0.6) is 0 Å². The van der Waals surface area contributed by atoms with Crippen molar-refractivity contribution in [2.24, 2.45) is 5.92 Å². The van der Waals surface area contributed by atoms with Gasteiger partial charge in [-0.1, -0.05) is 50.2 Å². The van der Waals surface area contributed by atoms with E-state index in [-0.39, 0.29) is 12.5 Å². The molecule has 0 aliphatic rings. The highest BCUT2D eigenvalue weighted by Gasteiger charge is 2.25. The fourth-order valence-corrected chi connectivity index (χ4v) is 2.73. The first-order valence-electron chi connectivity index (χ1n) is 9.49. The summed E-state index contributed by atoms with van der Waals surface area (Å²) in [5.74, 6) is -1.63. The van der Waals surface area contributed by atoms with E-state index in [1.165, 1.54) is 0 Å². The Bertz CT molecular complexity index is 841. The van der Waals surface area contributed by atoms with Crippen LogP contribution in [0.3, 0.4) is 0 Å². The summed E-state index contributed by atoms with van der Waals surface area (Å²) in [7, 11) is -1.66. The van der Waals surface area contributed by atoms with Crippen LogP contribution in [0.25, 0.3) is 11.3 Å². The summed E-state index contributed by atoms with van der Waals surface area (Å²) in [6, 6.07) is 15.3. The van der Waals surface area contributed by atoms with Crippen molar-refractivity contribution in [2.45, 2.75) is 32.8 Å². The Hall–Kier alpha value is -2.97. The number of aromatic nitrogens is 1. The lowest BCUT2D eigenvalue weighted by molar-refractivity contribution is -0.119. The normalized spacial score (nSPS) is 12.0. The third-order valence-electron chi connectivity index (χ3n) is 4.12. The first-order chi connectivity index (χ1) is 13.8. The number of pyridine rings is 1. The predicted molar refractivity (Wildman–Crippen MR) is 112 cm³/mol. The second-order valence-corrected chi connectivity index (χ2v) is 7.09. The van der Waals surface area contributed by atoms with Crippen molar-refractivity contribution in [3.05, 3.63) is 66.4 Å². The first kappa shape index (κ1) is 22.3. The molecule has 0 fully saturated rings. The van der Waals surface area contributed by atoms with Gasteiger partial charge in [0.1, 0.15) is 0 Å². The maximum absolute atomic E-state index is 12.0. The van der Waals surface area contributed by atoms with Gasteiger partial charge in [0, 0.05) is 17.7 Å². The maximum Gasteiger partial charge on any atom is 0.475 e. The van der Waals surface area contributed by atoms with Crippen LogP contribution in [0.15, 0.2) is 60.7 Å². The summed E-state index contributed by atoms with van der Waals surface area (Å²) < 4.78 is 0. The number of benzene rings is 1. The van der Waals surface area contributed by atoms with E-state index in [2.05, 4.69) is 15.6 Å². The van der Waals surface area contributed by atoms with Crippen LogP contribution >= 0.6 is 0 Å². The van der Waals surface area contributed by atoms with E-state index in [4.69, 9.17) is 0 Å². The molecule has 1 aromatic heterocycles. The molecule has 0 saturated carbocycles. The van der Waals surface area contributed by atoms with Gasteiger partial charge in [0.15, 0.2) is 0 Å². The molecule has 1 unspecified atom stereocenters. The Labute approximate surface area is 171 Å². The van der Waals surface area contributed by atoms with Crippen molar-refractivity contribution in [1.29, 1.82) is 0 Å². The van der Waals surface area contributed by atoms with Gasteiger partial charge in [-0.3, -0.25) is 14.6 Å². The number of carbonyl (C=O) groups excluding carboxylic acids is 2. The summed E-state index contributed by atoms with van der Waals surface area (Å²) >= 11 is 0. The molecule has 29 heavy (non-hydrogen) atoms. The minimum Gasteiger partial charge on any atom is -0.426 e. The molecule has 1 heterocycles. The topological polar surface area (TPSA) is 112 Å². The molecule has 0 aliphatic carbocycles. The predicted octanol–water partition coefficient (Wildman–Crippen LogP) is 1.46. The zero-order valence-electron chi connectivity index (χ0n) is 16.6. The molecule has 2 amide bonds. The van der Waals surface area contributed by atoms with E-state index in [9.17, 15) is 19.6 Å². The molecule has 7 nitrogen and oxygen atoms in total. The van der Waals surface area contributed by atoms with Crippen LogP contribution in [0.4, 0.5) is 0 Å². The Morgan fingerprint density at radius 1 is 1.03 bits per heavy atom. The van der Waals surface area contributed by atoms with Crippen LogP contribution in [0.2, 0.25) is 0 Å². The minimum atomic E-state index is -1.66. The van der Waals surface area contributed by atoms with E-state index in [1.807, 2.05) is 62.4 Å². The van der Waals surface area contributed by atoms with Crippen LogP contribution in [0.1, 0.15) is 26.0 Å². The van der Waals surface area contributed by atoms with Gasteiger partial charge in [-0.2, -0.15) is 0 Å². The van der Waals surface area contributed by atoms with Crippen LogP contribution in [0, 0.1) is 5.92 Å². The summed E-state index contributed by atoms with van der Waals surface area (Å²) in [5, 5.41) is 23.8. The number of carbonyl (C=O) groups is 2. The molecular weight excluding hydrogens is 369 g/mol. The fourth-order valence-electron chi connectivity index (χ4n) is 2.73. The van der Waals surface area contributed by atoms with Crippen molar-refractivity contribution in [1.82, 2.24) is 15.6 Å². The molecule has 1 aromatic carbocycles. The van der Waals surface area contributed by atoms with Crippen LogP contribution < -0.4 is 10.6 Å². The highest BCUT2D eigenvalue weighted by molar-refractivity contribution is 6.43. The highest BCUT2D eigenvalue weighted by atomic mass is 16.4. The van der Waals surface area contributed by atoms with Gasteiger partial charge >= 0.3 is 7.12 Å². The van der Waals surface area contributed by atoms with E-state index >= 15 is 0 Å². The van der Waals surface area contributed by atoms with E-state index in [1.54, 1.807) is 0 Å². The van der Waals surface area contributed by atoms with Crippen LogP contribution in [-0.2, 0) is 16.1 Å². The molecule has 0 radical (unpaired) electrons. The smallest absolute Gasteiger partial charge is 0.426 e. The molecule has 0 saturated heterocycles. The average Bonchev–Trinajstić information content (AvgIpc) is 2.70. The van der Waals surface area contributed by atoms with Gasteiger partial charge < -0.3 is 20.7 Å². The Kier molecular flexibility index (Phi) is 8.57. The van der Waals surface area contributed by atoms with Gasteiger partial charge in [-0.15, -0.1) is 0 Å². The van der Waals surface area contributed by atoms with Gasteiger partial charge in [0.25, 0.3) is 0 Å². The summed E-state index contributed by atoms with van der Waals surface area (Å²) in [6.07, 6.45) is 2.58.